The van der Waals surface area contributed by atoms with Crippen LogP contribution in [0.3, 0.4) is 0 Å². The van der Waals surface area contributed by atoms with Gasteiger partial charge in [0.05, 0.1) is 12.7 Å². The molecule has 1 N–H and O–H groups in total. The van der Waals surface area contributed by atoms with Crippen molar-refractivity contribution in [2.24, 2.45) is 0 Å². The van der Waals surface area contributed by atoms with E-state index in [0.717, 1.165) is 11.5 Å². The van der Waals surface area contributed by atoms with Crippen molar-refractivity contribution in [1.29, 1.82) is 0 Å². The van der Waals surface area contributed by atoms with E-state index in [-0.39, 0.29) is 6.10 Å². The van der Waals surface area contributed by atoms with Gasteiger partial charge in [-0.15, -0.1) is 0 Å². The molecule has 1 fully saturated rings. The number of hydrogen-bond acceptors (Lipinski definition) is 4. The van der Waals surface area contributed by atoms with Crippen LogP contribution in [0.5, 0.6) is 0 Å². The number of ether oxygens (including phenoxy) is 1. The normalized spacial score (nSPS) is 28.4. The Labute approximate surface area is 76.1 Å². The number of aliphatic hydroxyl groups excluding tert-OH is 1. The molecule has 0 aliphatic carbocycles. The number of thioether (sulfide) groups is 2. The van der Waals surface area contributed by atoms with E-state index in [1.807, 2.05) is 23.5 Å². The summed E-state index contributed by atoms with van der Waals surface area (Å²) >= 11 is 3.78. The molecule has 2 nitrogen and oxygen atoms in total. The van der Waals surface area contributed by atoms with Crippen molar-refractivity contribution in [3.63, 3.8) is 0 Å². The van der Waals surface area contributed by atoms with Crippen molar-refractivity contribution in [2.75, 3.05) is 31.0 Å². The third kappa shape index (κ3) is 3.23. The Morgan fingerprint density at radius 1 is 1.64 bits per heavy atom. The Bertz CT molecular complexity index is 105. The van der Waals surface area contributed by atoms with Crippen LogP contribution in [0, 0.1) is 0 Å². The van der Waals surface area contributed by atoms with Crippen molar-refractivity contribution in [3.8, 4) is 0 Å². The average Bonchev–Trinajstić information content (AvgIpc) is 2.07. The fourth-order valence-corrected chi connectivity index (χ4v) is 3.76. The van der Waals surface area contributed by atoms with Crippen LogP contribution in [0.2, 0.25) is 0 Å². The molecule has 0 spiro atoms. The molecular formula is C7H14O2S2. The maximum absolute atomic E-state index is 9.51. The number of methoxy groups -OCH3 is 1. The van der Waals surface area contributed by atoms with Gasteiger partial charge in [-0.05, 0) is 0 Å². The van der Waals surface area contributed by atoms with Gasteiger partial charge in [0.25, 0.3) is 0 Å². The predicted molar refractivity (Wildman–Crippen MR) is 51.5 cm³/mol. The lowest BCUT2D eigenvalue weighted by Gasteiger charge is -2.25. The van der Waals surface area contributed by atoms with Crippen molar-refractivity contribution in [2.45, 2.75) is 11.4 Å². The monoisotopic (exact) mass is 194 g/mol. The van der Waals surface area contributed by atoms with E-state index in [0.29, 0.717) is 11.9 Å². The third-order valence-electron chi connectivity index (χ3n) is 1.61. The maximum atomic E-state index is 9.51. The van der Waals surface area contributed by atoms with Crippen LogP contribution in [0.25, 0.3) is 0 Å². The maximum Gasteiger partial charge on any atom is 0.0899 e. The van der Waals surface area contributed by atoms with Crippen LogP contribution in [-0.2, 0) is 4.74 Å². The van der Waals surface area contributed by atoms with Gasteiger partial charge in [-0.3, -0.25) is 0 Å². The standard InChI is InChI=1S/C7H14O2S2/c1-9-4-6(8)7-5-10-2-3-11-7/h6-8H,2-5H2,1H3. The van der Waals surface area contributed by atoms with Crippen LogP contribution in [0.15, 0.2) is 0 Å². The van der Waals surface area contributed by atoms with Gasteiger partial charge in [0.2, 0.25) is 0 Å². The molecule has 0 bridgehead atoms. The lowest BCUT2D eigenvalue weighted by Crippen LogP contribution is -2.32. The second kappa shape index (κ2) is 5.30. The summed E-state index contributed by atoms with van der Waals surface area (Å²) in [5.41, 5.74) is 0. The van der Waals surface area contributed by atoms with Gasteiger partial charge in [-0.1, -0.05) is 0 Å². The quantitative estimate of drug-likeness (QED) is 0.721. The summed E-state index contributed by atoms with van der Waals surface area (Å²) in [6.07, 6.45) is -0.280. The zero-order valence-electron chi connectivity index (χ0n) is 6.66. The van der Waals surface area contributed by atoms with Gasteiger partial charge < -0.3 is 9.84 Å². The summed E-state index contributed by atoms with van der Waals surface area (Å²) in [7, 11) is 1.63. The van der Waals surface area contributed by atoms with Crippen molar-refractivity contribution >= 4 is 23.5 Å². The molecule has 2 atom stereocenters. The van der Waals surface area contributed by atoms with E-state index >= 15 is 0 Å². The molecule has 1 heterocycles. The molecule has 0 aromatic carbocycles. The molecule has 2 unspecified atom stereocenters. The van der Waals surface area contributed by atoms with Crippen LogP contribution in [0.1, 0.15) is 0 Å². The smallest absolute Gasteiger partial charge is 0.0899 e. The predicted octanol–water partition coefficient (Wildman–Crippen LogP) is 0.842. The minimum absolute atomic E-state index is 0.280. The first-order valence-electron chi connectivity index (χ1n) is 3.71. The summed E-state index contributed by atoms with van der Waals surface area (Å²) in [4.78, 5) is 0. The van der Waals surface area contributed by atoms with E-state index in [9.17, 15) is 5.11 Å². The topological polar surface area (TPSA) is 29.5 Å². The lowest BCUT2D eigenvalue weighted by atomic mass is 10.3. The number of aliphatic hydroxyl groups is 1. The third-order valence-corrected chi connectivity index (χ3v) is 4.51. The summed E-state index contributed by atoms with van der Waals surface area (Å²) in [5, 5.41) is 9.90. The van der Waals surface area contributed by atoms with Gasteiger partial charge in [0, 0.05) is 29.6 Å². The molecule has 4 heteroatoms. The highest BCUT2D eigenvalue weighted by Gasteiger charge is 2.22. The first-order chi connectivity index (χ1) is 5.34. The van der Waals surface area contributed by atoms with E-state index in [1.54, 1.807) is 7.11 Å². The van der Waals surface area contributed by atoms with Crippen LogP contribution >= 0.6 is 23.5 Å². The summed E-state index contributed by atoms with van der Waals surface area (Å²) < 4.78 is 4.88. The largest absolute Gasteiger partial charge is 0.390 e. The molecule has 0 amide bonds. The summed E-state index contributed by atoms with van der Waals surface area (Å²) in [6, 6.07) is 0. The van der Waals surface area contributed by atoms with Gasteiger partial charge in [-0.2, -0.15) is 23.5 Å². The lowest BCUT2D eigenvalue weighted by molar-refractivity contribution is 0.0665. The first-order valence-corrected chi connectivity index (χ1v) is 5.91. The van der Waals surface area contributed by atoms with Crippen LogP contribution in [0.4, 0.5) is 0 Å². The first kappa shape index (κ1) is 9.71. The fourth-order valence-electron chi connectivity index (χ4n) is 1.01. The number of hydrogen-bond donors (Lipinski definition) is 1. The van der Waals surface area contributed by atoms with Crippen molar-refractivity contribution in [3.05, 3.63) is 0 Å². The Morgan fingerprint density at radius 3 is 3.00 bits per heavy atom. The molecular weight excluding hydrogens is 180 g/mol. The Morgan fingerprint density at radius 2 is 2.45 bits per heavy atom. The second-order valence-electron chi connectivity index (χ2n) is 2.51. The van der Waals surface area contributed by atoms with Crippen molar-refractivity contribution in [1.82, 2.24) is 0 Å². The van der Waals surface area contributed by atoms with E-state index in [4.69, 9.17) is 4.74 Å². The molecule has 1 saturated heterocycles. The highest BCUT2D eigenvalue weighted by atomic mass is 32.2. The Hall–Kier alpha value is 0.620. The molecule has 66 valence electrons. The van der Waals surface area contributed by atoms with E-state index in [2.05, 4.69) is 0 Å². The minimum atomic E-state index is -0.280. The van der Waals surface area contributed by atoms with Crippen LogP contribution < -0.4 is 0 Å². The highest BCUT2D eigenvalue weighted by molar-refractivity contribution is 8.06. The molecule has 11 heavy (non-hydrogen) atoms. The zero-order valence-corrected chi connectivity index (χ0v) is 8.29. The molecule has 0 radical (unpaired) electrons. The van der Waals surface area contributed by atoms with E-state index in [1.165, 1.54) is 5.75 Å². The van der Waals surface area contributed by atoms with Gasteiger partial charge >= 0.3 is 0 Å². The summed E-state index contributed by atoms with van der Waals surface area (Å²) in [6.45, 7) is 0.470. The van der Waals surface area contributed by atoms with Gasteiger partial charge in [-0.25, -0.2) is 0 Å². The Balaban J connectivity index is 2.21. The van der Waals surface area contributed by atoms with Gasteiger partial charge in [0.15, 0.2) is 0 Å². The average molecular weight is 194 g/mol. The van der Waals surface area contributed by atoms with Crippen molar-refractivity contribution < 1.29 is 9.84 Å². The molecule has 1 aliphatic heterocycles. The zero-order chi connectivity index (χ0) is 8.10. The molecule has 0 aromatic rings. The van der Waals surface area contributed by atoms with E-state index < -0.39 is 0 Å². The SMILES string of the molecule is COCC(O)C1CSCCS1. The number of rotatable bonds is 3. The molecule has 1 aliphatic rings. The Kier molecular flexibility index (Phi) is 4.67. The molecule has 0 saturated carbocycles. The van der Waals surface area contributed by atoms with Crippen LogP contribution in [-0.4, -0.2) is 47.4 Å². The molecule has 0 aromatic heterocycles. The highest BCUT2D eigenvalue weighted by Crippen LogP contribution is 2.26. The van der Waals surface area contributed by atoms with Gasteiger partial charge in [0.1, 0.15) is 0 Å². The molecule has 1 rings (SSSR count). The minimum Gasteiger partial charge on any atom is -0.390 e. The summed E-state index contributed by atoms with van der Waals surface area (Å²) in [5.74, 6) is 3.45. The second-order valence-corrected chi connectivity index (χ2v) is 5.00. The fraction of sp³-hybridized carbons (Fsp3) is 1.00.